The van der Waals surface area contributed by atoms with Gasteiger partial charge in [0, 0.05) is 12.5 Å². The molecule has 1 aromatic heterocycles. The summed E-state index contributed by atoms with van der Waals surface area (Å²) in [5.41, 5.74) is 2.14. The highest BCUT2D eigenvalue weighted by Gasteiger charge is 2.23. The van der Waals surface area contributed by atoms with Gasteiger partial charge in [-0.1, -0.05) is 54.8 Å². The van der Waals surface area contributed by atoms with Crippen molar-refractivity contribution in [1.82, 2.24) is 15.0 Å². The molecule has 1 unspecified atom stereocenters. The standard InChI is InChI=1S/C19H27N3O2/c1-3-22(12-17(23)15-10-8-14(2)9-11-15)13-18-20-19(21-24-18)16-6-4-5-7-16/h8-11,16-17,23H,3-7,12-13H2,1-2H3. The number of likely N-dealkylation sites (N-methyl/N-ethyl adjacent to an activating group) is 1. The first-order valence-corrected chi connectivity index (χ1v) is 8.95. The number of nitrogens with zero attached hydrogens (tertiary/aromatic N) is 3. The first-order chi connectivity index (χ1) is 11.7. The Balaban J connectivity index is 1.58. The minimum Gasteiger partial charge on any atom is -0.387 e. The van der Waals surface area contributed by atoms with Gasteiger partial charge in [-0.2, -0.15) is 4.98 Å². The van der Waals surface area contributed by atoms with E-state index in [1.807, 2.05) is 31.2 Å². The molecule has 1 saturated carbocycles. The molecule has 0 spiro atoms. The minimum atomic E-state index is -0.511. The average molecular weight is 329 g/mol. The van der Waals surface area contributed by atoms with Crippen LogP contribution in [0.3, 0.4) is 0 Å². The summed E-state index contributed by atoms with van der Waals surface area (Å²) in [7, 11) is 0. The van der Waals surface area contributed by atoms with Crippen LogP contribution in [0.5, 0.6) is 0 Å². The van der Waals surface area contributed by atoms with E-state index in [-0.39, 0.29) is 0 Å². The third-order valence-electron chi connectivity index (χ3n) is 4.90. The van der Waals surface area contributed by atoms with Gasteiger partial charge >= 0.3 is 0 Å². The van der Waals surface area contributed by atoms with Crippen LogP contribution in [0.15, 0.2) is 28.8 Å². The maximum absolute atomic E-state index is 10.5. The highest BCUT2D eigenvalue weighted by molar-refractivity contribution is 5.23. The molecule has 5 heteroatoms. The summed E-state index contributed by atoms with van der Waals surface area (Å²) in [5, 5.41) is 14.6. The van der Waals surface area contributed by atoms with E-state index in [0.717, 1.165) is 17.9 Å². The molecule has 0 saturated heterocycles. The molecule has 1 N–H and O–H groups in total. The van der Waals surface area contributed by atoms with Crippen molar-refractivity contribution in [3.63, 3.8) is 0 Å². The van der Waals surface area contributed by atoms with E-state index in [0.29, 0.717) is 24.9 Å². The van der Waals surface area contributed by atoms with Crippen LogP contribution >= 0.6 is 0 Å². The number of aliphatic hydroxyl groups excluding tert-OH is 1. The predicted octanol–water partition coefficient (Wildman–Crippen LogP) is 3.59. The Morgan fingerprint density at radius 1 is 1.25 bits per heavy atom. The van der Waals surface area contributed by atoms with Crippen molar-refractivity contribution in [2.45, 2.75) is 58.1 Å². The van der Waals surface area contributed by atoms with Crippen molar-refractivity contribution in [3.05, 3.63) is 47.1 Å². The third-order valence-corrected chi connectivity index (χ3v) is 4.90. The Morgan fingerprint density at radius 3 is 2.62 bits per heavy atom. The van der Waals surface area contributed by atoms with Gasteiger partial charge in [0.1, 0.15) is 0 Å². The van der Waals surface area contributed by atoms with Gasteiger partial charge in [0.15, 0.2) is 5.82 Å². The maximum Gasteiger partial charge on any atom is 0.240 e. The fraction of sp³-hybridized carbons (Fsp3) is 0.579. The van der Waals surface area contributed by atoms with E-state index in [9.17, 15) is 5.11 Å². The lowest BCUT2D eigenvalue weighted by atomic mass is 10.1. The van der Waals surface area contributed by atoms with Crippen LogP contribution in [0.2, 0.25) is 0 Å². The zero-order valence-corrected chi connectivity index (χ0v) is 14.6. The monoisotopic (exact) mass is 329 g/mol. The van der Waals surface area contributed by atoms with Gasteiger partial charge < -0.3 is 9.63 Å². The van der Waals surface area contributed by atoms with E-state index >= 15 is 0 Å². The Kier molecular flexibility index (Phi) is 5.63. The largest absolute Gasteiger partial charge is 0.387 e. The SMILES string of the molecule is CCN(Cc1nc(C2CCCC2)no1)CC(O)c1ccc(C)cc1. The van der Waals surface area contributed by atoms with Crippen molar-refractivity contribution in [2.24, 2.45) is 0 Å². The van der Waals surface area contributed by atoms with Crippen molar-refractivity contribution in [3.8, 4) is 0 Å². The summed E-state index contributed by atoms with van der Waals surface area (Å²) < 4.78 is 5.43. The van der Waals surface area contributed by atoms with Gasteiger partial charge in [-0.3, -0.25) is 4.90 Å². The van der Waals surface area contributed by atoms with Crippen molar-refractivity contribution < 1.29 is 9.63 Å². The lowest BCUT2D eigenvalue weighted by Gasteiger charge is -2.22. The topological polar surface area (TPSA) is 62.4 Å². The normalized spacial score (nSPS) is 16.8. The van der Waals surface area contributed by atoms with Gasteiger partial charge in [-0.05, 0) is 31.9 Å². The Hall–Kier alpha value is -1.72. The predicted molar refractivity (Wildman–Crippen MR) is 92.6 cm³/mol. The van der Waals surface area contributed by atoms with Gasteiger partial charge in [0.05, 0.1) is 12.6 Å². The molecule has 3 rings (SSSR count). The lowest BCUT2D eigenvalue weighted by Crippen LogP contribution is -2.28. The Morgan fingerprint density at radius 2 is 1.96 bits per heavy atom. The maximum atomic E-state index is 10.5. The molecule has 1 aliphatic carbocycles. The van der Waals surface area contributed by atoms with Crippen molar-refractivity contribution in [1.29, 1.82) is 0 Å². The average Bonchev–Trinajstić information content (AvgIpc) is 3.26. The second-order valence-corrected chi connectivity index (χ2v) is 6.78. The zero-order chi connectivity index (χ0) is 16.9. The molecule has 1 heterocycles. The number of hydrogen-bond acceptors (Lipinski definition) is 5. The summed E-state index contributed by atoms with van der Waals surface area (Å²) in [5.74, 6) is 1.98. The number of hydrogen-bond donors (Lipinski definition) is 1. The molecule has 0 amide bonds. The van der Waals surface area contributed by atoms with Crippen LogP contribution in [0.4, 0.5) is 0 Å². The van der Waals surface area contributed by atoms with Gasteiger partial charge in [-0.25, -0.2) is 0 Å². The molecule has 1 aromatic carbocycles. The molecule has 1 aliphatic rings. The molecule has 130 valence electrons. The quantitative estimate of drug-likeness (QED) is 0.841. The van der Waals surface area contributed by atoms with E-state index in [4.69, 9.17) is 4.52 Å². The van der Waals surface area contributed by atoms with Gasteiger partial charge in [-0.15, -0.1) is 0 Å². The van der Waals surface area contributed by atoms with Crippen LogP contribution in [0, 0.1) is 6.92 Å². The Bertz CT molecular complexity index is 632. The van der Waals surface area contributed by atoms with Crippen LogP contribution in [-0.4, -0.2) is 33.2 Å². The van der Waals surface area contributed by atoms with E-state index in [1.165, 1.54) is 31.2 Å². The molecule has 0 bridgehead atoms. The number of benzene rings is 1. The number of rotatable bonds is 7. The molecule has 0 aliphatic heterocycles. The number of aryl methyl sites for hydroxylation is 1. The fourth-order valence-electron chi connectivity index (χ4n) is 3.32. The molecule has 2 aromatic rings. The number of aromatic nitrogens is 2. The smallest absolute Gasteiger partial charge is 0.240 e. The molecule has 5 nitrogen and oxygen atoms in total. The summed E-state index contributed by atoms with van der Waals surface area (Å²) in [6, 6.07) is 8.03. The fourth-order valence-corrected chi connectivity index (χ4v) is 3.32. The summed E-state index contributed by atoms with van der Waals surface area (Å²) in [4.78, 5) is 6.71. The van der Waals surface area contributed by atoms with Gasteiger partial charge in [0.2, 0.25) is 5.89 Å². The molecule has 24 heavy (non-hydrogen) atoms. The second-order valence-electron chi connectivity index (χ2n) is 6.78. The molecular weight excluding hydrogens is 302 g/mol. The summed E-state index contributed by atoms with van der Waals surface area (Å²) in [6.07, 6.45) is 4.35. The van der Waals surface area contributed by atoms with E-state index < -0.39 is 6.10 Å². The van der Waals surface area contributed by atoms with Crippen molar-refractivity contribution >= 4 is 0 Å². The van der Waals surface area contributed by atoms with Crippen LogP contribution in [0.1, 0.15) is 67.5 Å². The van der Waals surface area contributed by atoms with Crippen molar-refractivity contribution in [2.75, 3.05) is 13.1 Å². The third kappa shape index (κ3) is 4.22. The number of aliphatic hydroxyl groups is 1. The molecule has 1 fully saturated rings. The zero-order valence-electron chi connectivity index (χ0n) is 14.6. The molecule has 0 radical (unpaired) electrons. The second kappa shape index (κ2) is 7.90. The van der Waals surface area contributed by atoms with Gasteiger partial charge in [0.25, 0.3) is 0 Å². The van der Waals surface area contributed by atoms with Crippen LogP contribution in [-0.2, 0) is 6.54 Å². The summed E-state index contributed by atoms with van der Waals surface area (Å²) in [6.45, 7) is 6.09. The molecular formula is C19H27N3O2. The first kappa shape index (κ1) is 17.1. The van der Waals surface area contributed by atoms with E-state index in [1.54, 1.807) is 0 Å². The van der Waals surface area contributed by atoms with E-state index in [2.05, 4.69) is 22.0 Å². The first-order valence-electron chi connectivity index (χ1n) is 8.95. The van der Waals surface area contributed by atoms with Crippen LogP contribution in [0.25, 0.3) is 0 Å². The minimum absolute atomic E-state index is 0.468. The molecule has 1 atom stereocenters. The summed E-state index contributed by atoms with van der Waals surface area (Å²) >= 11 is 0. The van der Waals surface area contributed by atoms with Crippen LogP contribution < -0.4 is 0 Å². The highest BCUT2D eigenvalue weighted by Crippen LogP contribution is 2.32. The lowest BCUT2D eigenvalue weighted by molar-refractivity contribution is 0.105. The highest BCUT2D eigenvalue weighted by atomic mass is 16.5. The Labute approximate surface area is 143 Å².